The minimum absolute atomic E-state index is 0.0352. The Morgan fingerprint density at radius 2 is 1.71 bits per heavy atom. The van der Waals surface area contributed by atoms with E-state index in [1.165, 1.54) is 0 Å². The molecule has 0 saturated heterocycles. The van der Waals surface area contributed by atoms with Crippen LogP contribution in [0.5, 0.6) is 0 Å². The average Bonchev–Trinajstić information content (AvgIpc) is 2.15. The van der Waals surface area contributed by atoms with Crippen molar-refractivity contribution in [1.82, 2.24) is 0 Å². The maximum Gasteiger partial charge on any atom is 0.294 e. The van der Waals surface area contributed by atoms with E-state index >= 15 is 0 Å². The Balaban J connectivity index is 3.50. The summed E-state index contributed by atoms with van der Waals surface area (Å²) in [7, 11) is -4.05. The molecule has 0 heterocycles. The standard InChI is InChI=1S/C11H14N2O3S/c1-7-4-8(2)11(9(3)5-7)17(15,16)10(14)6-13-12/h4-6H,12H2,1-3H3. The topological polar surface area (TPSA) is 89.6 Å². The van der Waals surface area contributed by atoms with Crippen LogP contribution in [0.4, 0.5) is 0 Å². The van der Waals surface area contributed by atoms with Gasteiger partial charge in [-0.3, -0.25) is 4.79 Å². The Bertz CT molecular complexity index is 566. The average molecular weight is 254 g/mol. The van der Waals surface area contributed by atoms with Gasteiger partial charge in [-0.1, -0.05) is 17.7 Å². The number of hydrogen-bond donors (Lipinski definition) is 1. The molecule has 92 valence electrons. The predicted octanol–water partition coefficient (Wildman–Crippen LogP) is 0.857. The second-order valence-electron chi connectivity index (χ2n) is 3.83. The van der Waals surface area contributed by atoms with Crippen molar-refractivity contribution >= 4 is 21.2 Å². The lowest BCUT2D eigenvalue weighted by Crippen LogP contribution is -2.19. The molecule has 0 aliphatic heterocycles. The first-order chi connectivity index (χ1) is 7.80. The van der Waals surface area contributed by atoms with E-state index in [1.807, 2.05) is 6.92 Å². The normalized spacial score (nSPS) is 11.9. The first kappa shape index (κ1) is 13.4. The Labute approximate surface area is 100 Å². The highest BCUT2D eigenvalue weighted by Crippen LogP contribution is 2.23. The number of benzene rings is 1. The summed E-state index contributed by atoms with van der Waals surface area (Å²) in [6, 6.07) is 3.43. The third-order valence-electron chi connectivity index (χ3n) is 2.32. The minimum Gasteiger partial charge on any atom is -0.323 e. The maximum atomic E-state index is 12.0. The summed E-state index contributed by atoms with van der Waals surface area (Å²) in [5, 5.41) is 1.85. The van der Waals surface area contributed by atoms with Crippen LogP contribution in [-0.2, 0) is 14.6 Å². The largest absolute Gasteiger partial charge is 0.323 e. The zero-order valence-electron chi connectivity index (χ0n) is 9.89. The molecular formula is C11H14N2O3S. The van der Waals surface area contributed by atoms with Crippen LogP contribution >= 0.6 is 0 Å². The van der Waals surface area contributed by atoms with Crippen molar-refractivity contribution in [2.75, 3.05) is 0 Å². The van der Waals surface area contributed by atoms with Crippen molar-refractivity contribution in [3.63, 3.8) is 0 Å². The molecule has 0 aromatic heterocycles. The second-order valence-corrected chi connectivity index (χ2v) is 5.65. The fourth-order valence-corrected chi connectivity index (χ4v) is 3.19. The molecule has 0 aliphatic rings. The number of nitrogens with two attached hydrogens (primary N) is 1. The van der Waals surface area contributed by atoms with Gasteiger partial charge in [-0.25, -0.2) is 8.42 Å². The highest BCUT2D eigenvalue weighted by molar-refractivity contribution is 8.07. The number of carbonyl (C=O) groups excluding carboxylic acids is 1. The fourth-order valence-electron chi connectivity index (χ4n) is 1.82. The Morgan fingerprint density at radius 3 is 2.12 bits per heavy atom. The predicted molar refractivity (Wildman–Crippen MR) is 65.5 cm³/mol. The summed E-state index contributed by atoms with van der Waals surface area (Å²) in [6.45, 7) is 5.17. The second kappa shape index (κ2) is 4.67. The van der Waals surface area contributed by atoms with Gasteiger partial charge in [-0.15, -0.1) is 0 Å². The number of hydrazone groups is 1. The van der Waals surface area contributed by atoms with Gasteiger partial charge in [0.25, 0.3) is 5.12 Å². The summed E-state index contributed by atoms with van der Waals surface area (Å²) in [4.78, 5) is 11.5. The molecule has 1 aromatic rings. The number of hydrogen-bond acceptors (Lipinski definition) is 5. The van der Waals surface area contributed by atoms with Crippen molar-refractivity contribution in [2.45, 2.75) is 25.7 Å². The molecule has 0 atom stereocenters. The van der Waals surface area contributed by atoms with Crippen LogP contribution in [0.15, 0.2) is 22.1 Å². The van der Waals surface area contributed by atoms with Gasteiger partial charge in [0.05, 0.1) is 4.90 Å². The maximum absolute atomic E-state index is 12.0. The molecule has 0 fully saturated rings. The molecule has 0 bridgehead atoms. The van der Waals surface area contributed by atoms with Gasteiger partial charge in [0, 0.05) is 0 Å². The van der Waals surface area contributed by atoms with Crippen LogP contribution in [-0.4, -0.2) is 19.7 Å². The summed E-state index contributed by atoms with van der Waals surface area (Å²) in [6.07, 6.45) is 0.605. The minimum atomic E-state index is -4.05. The highest BCUT2D eigenvalue weighted by atomic mass is 32.2. The summed E-state index contributed by atoms with van der Waals surface area (Å²) in [5.74, 6) is 4.79. The van der Waals surface area contributed by atoms with Gasteiger partial charge in [0.2, 0.25) is 9.84 Å². The van der Waals surface area contributed by atoms with Crippen molar-refractivity contribution in [1.29, 1.82) is 0 Å². The number of nitrogens with zero attached hydrogens (tertiary/aromatic N) is 1. The molecule has 0 amide bonds. The van der Waals surface area contributed by atoms with Gasteiger partial charge >= 0.3 is 0 Å². The molecule has 1 rings (SSSR count). The lowest BCUT2D eigenvalue weighted by Gasteiger charge is -2.09. The van der Waals surface area contributed by atoms with E-state index in [-0.39, 0.29) is 4.90 Å². The van der Waals surface area contributed by atoms with Gasteiger partial charge in [-0.2, -0.15) is 5.10 Å². The molecule has 0 saturated carbocycles. The van der Waals surface area contributed by atoms with Crippen LogP contribution in [0, 0.1) is 20.8 Å². The van der Waals surface area contributed by atoms with E-state index in [4.69, 9.17) is 5.84 Å². The van der Waals surface area contributed by atoms with E-state index in [2.05, 4.69) is 5.10 Å². The van der Waals surface area contributed by atoms with E-state index in [0.29, 0.717) is 17.3 Å². The number of aryl methyl sites for hydroxylation is 3. The molecule has 2 N–H and O–H groups in total. The lowest BCUT2D eigenvalue weighted by molar-refractivity contribution is -0.106. The molecule has 6 heteroatoms. The van der Waals surface area contributed by atoms with Gasteiger partial charge in [0.1, 0.15) is 6.21 Å². The molecule has 0 spiro atoms. The Morgan fingerprint density at radius 1 is 1.24 bits per heavy atom. The first-order valence-corrected chi connectivity index (χ1v) is 6.39. The van der Waals surface area contributed by atoms with Crippen LogP contribution in [0.1, 0.15) is 16.7 Å². The third kappa shape index (κ3) is 2.52. The summed E-state index contributed by atoms with van der Waals surface area (Å²) < 4.78 is 24.0. The van der Waals surface area contributed by atoms with E-state index in [0.717, 1.165) is 5.56 Å². The van der Waals surface area contributed by atoms with Gasteiger partial charge < -0.3 is 5.84 Å². The smallest absolute Gasteiger partial charge is 0.294 e. The quantitative estimate of drug-likeness (QED) is 0.481. The van der Waals surface area contributed by atoms with Crippen molar-refractivity contribution in [2.24, 2.45) is 10.9 Å². The molecule has 5 nitrogen and oxygen atoms in total. The Kier molecular flexibility index (Phi) is 3.67. The third-order valence-corrected chi connectivity index (χ3v) is 4.13. The first-order valence-electron chi connectivity index (χ1n) is 4.91. The molecule has 1 aromatic carbocycles. The molecule has 17 heavy (non-hydrogen) atoms. The number of carbonyl (C=O) groups is 1. The highest BCUT2D eigenvalue weighted by Gasteiger charge is 2.26. The van der Waals surface area contributed by atoms with Crippen molar-refractivity contribution < 1.29 is 13.2 Å². The Hall–Kier alpha value is -1.69. The van der Waals surface area contributed by atoms with Crippen LogP contribution in [0.2, 0.25) is 0 Å². The SMILES string of the molecule is Cc1cc(C)c(S(=O)(=O)C(=O)C=NN)c(C)c1. The van der Waals surface area contributed by atoms with Crippen LogP contribution in [0.3, 0.4) is 0 Å². The van der Waals surface area contributed by atoms with E-state index < -0.39 is 15.0 Å². The van der Waals surface area contributed by atoms with Crippen molar-refractivity contribution in [3.05, 3.63) is 28.8 Å². The van der Waals surface area contributed by atoms with Gasteiger partial charge in [0.15, 0.2) is 0 Å². The molecule has 0 aliphatic carbocycles. The lowest BCUT2D eigenvalue weighted by atomic mass is 10.1. The monoisotopic (exact) mass is 254 g/mol. The van der Waals surface area contributed by atoms with Crippen molar-refractivity contribution in [3.8, 4) is 0 Å². The molecular weight excluding hydrogens is 240 g/mol. The number of sulfone groups is 1. The number of rotatable bonds is 2. The summed E-state index contributed by atoms with van der Waals surface area (Å²) in [5.41, 5.74) is 2.03. The zero-order valence-corrected chi connectivity index (χ0v) is 10.7. The van der Waals surface area contributed by atoms with E-state index in [1.54, 1.807) is 26.0 Å². The van der Waals surface area contributed by atoms with Crippen LogP contribution in [0.25, 0.3) is 0 Å². The zero-order chi connectivity index (χ0) is 13.2. The molecule has 0 radical (unpaired) electrons. The summed E-state index contributed by atoms with van der Waals surface area (Å²) >= 11 is 0. The van der Waals surface area contributed by atoms with E-state index in [9.17, 15) is 13.2 Å². The van der Waals surface area contributed by atoms with Crippen LogP contribution < -0.4 is 5.84 Å². The van der Waals surface area contributed by atoms with Gasteiger partial charge in [-0.05, 0) is 31.9 Å². The molecule has 0 unspecified atom stereocenters. The fraction of sp³-hybridized carbons (Fsp3) is 0.273.